The molecule has 2 aliphatic heterocycles. The second-order valence-electron chi connectivity index (χ2n) is 8.07. The van der Waals surface area contributed by atoms with Gasteiger partial charge in [-0.15, -0.1) is 0 Å². The molecule has 3 unspecified atom stereocenters. The molecule has 2 amide bonds. The van der Waals surface area contributed by atoms with Crippen molar-refractivity contribution >= 4 is 40.7 Å². The summed E-state index contributed by atoms with van der Waals surface area (Å²) >= 11 is 12.5. The van der Waals surface area contributed by atoms with Gasteiger partial charge in [0.2, 0.25) is 11.8 Å². The molecule has 144 valence electrons. The van der Waals surface area contributed by atoms with Gasteiger partial charge in [-0.1, -0.05) is 41.4 Å². The van der Waals surface area contributed by atoms with E-state index in [-0.39, 0.29) is 23.7 Å². The van der Waals surface area contributed by atoms with Crippen molar-refractivity contribution < 1.29 is 9.59 Å². The first-order valence-electron chi connectivity index (χ1n) is 9.64. The van der Waals surface area contributed by atoms with Gasteiger partial charge in [0.1, 0.15) is 0 Å². The summed E-state index contributed by atoms with van der Waals surface area (Å²) in [5.74, 6) is 0.0872. The van der Waals surface area contributed by atoms with E-state index >= 15 is 0 Å². The smallest absolute Gasteiger partial charge is 0.236 e. The summed E-state index contributed by atoms with van der Waals surface area (Å²) in [6.45, 7) is 0.401. The van der Waals surface area contributed by atoms with Gasteiger partial charge >= 0.3 is 0 Å². The van der Waals surface area contributed by atoms with Crippen molar-refractivity contribution in [2.45, 2.75) is 30.6 Å². The molecule has 3 aliphatic rings. The summed E-state index contributed by atoms with van der Waals surface area (Å²) in [5.41, 5.74) is 1.85. The molecule has 2 fully saturated rings. The molecule has 5 rings (SSSR count). The van der Waals surface area contributed by atoms with Gasteiger partial charge in [-0.2, -0.15) is 0 Å². The van der Waals surface area contributed by atoms with Crippen LogP contribution in [-0.2, 0) is 15.0 Å². The van der Waals surface area contributed by atoms with E-state index in [9.17, 15) is 9.59 Å². The topological polar surface area (TPSA) is 58.2 Å². The molecule has 4 nitrogen and oxygen atoms in total. The number of rotatable bonds is 2. The van der Waals surface area contributed by atoms with Gasteiger partial charge in [0.15, 0.2) is 0 Å². The highest BCUT2D eigenvalue weighted by molar-refractivity contribution is 6.31. The van der Waals surface area contributed by atoms with Crippen molar-refractivity contribution in [2.75, 3.05) is 11.9 Å². The molecule has 2 N–H and O–H groups in total. The third kappa shape index (κ3) is 2.66. The predicted molar refractivity (Wildman–Crippen MR) is 110 cm³/mol. The van der Waals surface area contributed by atoms with E-state index in [4.69, 9.17) is 23.2 Å². The third-order valence-corrected chi connectivity index (χ3v) is 7.01. The van der Waals surface area contributed by atoms with Crippen molar-refractivity contribution in [2.24, 2.45) is 11.8 Å². The highest BCUT2D eigenvalue weighted by atomic mass is 35.5. The van der Waals surface area contributed by atoms with Gasteiger partial charge in [-0.3, -0.25) is 9.59 Å². The Kier molecular flexibility index (Phi) is 4.18. The lowest BCUT2D eigenvalue weighted by Crippen LogP contribution is -2.48. The number of benzene rings is 2. The monoisotopic (exact) mass is 414 g/mol. The maximum atomic E-state index is 13.7. The SMILES string of the molecule is O=C1CC(C2CC2)C2(C(=O)Nc3cc(Cl)ccc32)C(c2cccc(Cl)c2)CN1. The molecule has 1 aliphatic carbocycles. The van der Waals surface area contributed by atoms with Crippen LogP contribution in [0.3, 0.4) is 0 Å². The normalized spacial score (nSPS) is 29.2. The lowest BCUT2D eigenvalue weighted by atomic mass is 9.59. The Morgan fingerprint density at radius 3 is 2.54 bits per heavy atom. The van der Waals surface area contributed by atoms with Gasteiger partial charge in [0.25, 0.3) is 0 Å². The molecular weight excluding hydrogens is 395 g/mol. The fourth-order valence-corrected chi connectivity index (χ4v) is 5.62. The van der Waals surface area contributed by atoms with Crippen LogP contribution in [0.5, 0.6) is 0 Å². The molecule has 2 aromatic carbocycles. The summed E-state index contributed by atoms with van der Waals surface area (Å²) < 4.78 is 0. The van der Waals surface area contributed by atoms with Crippen molar-refractivity contribution in [3.63, 3.8) is 0 Å². The minimum absolute atomic E-state index is 0.0102. The quantitative estimate of drug-likeness (QED) is 0.758. The summed E-state index contributed by atoms with van der Waals surface area (Å²) in [6.07, 6.45) is 2.47. The van der Waals surface area contributed by atoms with Gasteiger partial charge in [-0.25, -0.2) is 0 Å². The van der Waals surface area contributed by atoms with E-state index in [0.717, 1.165) is 29.7 Å². The Hall–Kier alpha value is -2.04. The molecule has 28 heavy (non-hydrogen) atoms. The van der Waals surface area contributed by atoms with E-state index in [2.05, 4.69) is 10.6 Å². The molecule has 0 aromatic heterocycles. The van der Waals surface area contributed by atoms with Crippen molar-refractivity contribution in [1.29, 1.82) is 0 Å². The molecule has 0 radical (unpaired) electrons. The lowest BCUT2D eigenvalue weighted by molar-refractivity contribution is -0.125. The zero-order valence-corrected chi connectivity index (χ0v) is 16.7. The van der Waals surface area contributed by atoms with Crippen LogP contribution in [0.2, 0.25) is 10.0 Å². The van der Waals surface area contributed by atoms with Crippen LogP contribution in [-0.4, -0.2) is 18.4 Å². The second-order valence-corrected chi connectivity index (χ2v) is 8.95. The summed E-state index contributed by atoms with van der Waals surface area (Å²) in [7, 11) is 0. The fourth-order valence-electron chi connectivity index (χ4n) is 5.25. The van der Waals surface area contributed by atoms with E-state index in [1.165, 1.54) is 0 Å². The summed E-state index contributed by atoms with van der Waals surface area (Å²) in [4.78, 5) is 26.3. The lowest BCUT2D eigenvalue weighted by Gasteiger charge is -2.40. The highest BCUT2D eigenvalue weighted by Gasteiger charge is 2.61. The van der Waals surface area contributed by atoms with Gasteiger partial charge < -0.3 is 10.6 Å². The first-order chi connectivity index (χ1) is 13.5. The Morgan fingerprint density at radius 1 is 1.00 bits per heavy atom. The van der Waals surface area contributed by atoms with Crippen molar-refractivity contribution in [1.82, 2.24) is 5.32 Å². The molecule has 1 saturated heterocycles. The van der Waals surface area contributed by atoms with E-state index in [0.29, 0.717) is 28.9 Å². The minimum Gasteiger partial charge on any atom is -0.355 e. The fraction of sp³-hybridized carbons (Fsp3) is 0.364. The second kappa shape index (κ2) is 6.50. The van der Waals surface area contributed by atoms with Crippen LogP contribution in [0.25, 0.3) is 0 Å². The largest absolute Gasteiger partial charge is 0.355 e. The number of carbonyl (C=O) groups excluding carboxylic acids is 2. The van der Waals surface area contributed by atoms with E-state index in [1.54, 1.807) is 0 Å². The average molecular weight is 415 g/mol. The molecule has 2 heterocycles. The zero-order chi connectivity index (χ0) is 19.5. The molecule has 1 saturated carbocycles. The van der Waals surface area contributed by atoms with Gasteiger partial charge in [0, 0.05) is 34.6 Å². The standard InChI is InChI=1S/C22H20Cl2N2O2/c23-14-3-1-2-13(8-14)18-11-25-20(27)10-17(12-4-5-12)22(18)16-7-6-15(24)9-19(16)26-21(22)28/h1-3,6-9,12,17-18H,4-5,10-11H2,(H,25,27)(H,26,28). The number of nitrogens with one attached hydrogen (secondary N) is 2. The predicted octanol–water partition coefficient (Wildman–Crippen LogP) is 4.51. The summed E-state index contributed by atoms with van der Waals surface area (Å²) in [5, 5.41) is 7.33. The Morgan fingerprint density at radius 2 is 1.79 bits per heavy atom. The van der Waals surface area contributed by atoms with E-state index in [1.807, 2.05) is 42.5 Å². The first-order valence-corrected chi connectivity index (χ1v) is 10.4. The molecular formula is C22H20Cl2N2O2. The maximum absolute atomic E-state index is 13.7. The van der Waals surface area contributed by atoms with Gasteiger partial charge in [0.05, 0.1) is 5.41 Å². The number of hydrogen-bond acceptors (Lipinski definition) is 2. The van der Waals surface area contributed by atoms with Crippen LogP contribution < -0.4 is 10.6 Å². The number of carbonyl (C=O) groups is 2. The van der Waals surface area contributed by atoms with Crippen LogP contribution in [0.1, 0.15) is 36.3 Å². The summed E-state index contributed by atoms with van der Waals surface area (Å²) in [6, 6.07) is 13.2. The number of hydrogen-bond donors (Lipinski definition) is 2. The van der Waals surface area contributed by atoms with E-state index < -0.39 is 5.41 Å². The average Bonchev–Trinajstić information content (AvgIpc) is 3.45. The van der Waals surface area contributed by atoms with Crippen molar-refractivity contribution in [3.05, 3.63) is 63.6 Å². The zero-order valence-electron chi connectivity index (χ0n) is 15.2. The minimum atomic E-state index is -0.815. The maximum Gasteiger partial charge on any atom is 0.236 e. The third-order valence-electron chi connectivity index (χ3n) is 6.54. The highest BCUT2D eigenvalue weighted by Crippen LogP contribution is 2.59. The molecule has 2 aromatic rings. The van der Waals surface area contributed by atoms with Crippen LogP contribution in [0.4, 0.5) is 5.69 Å². The molecule has 6 heteroatoms. The molecule has 1 spiro atoms. The number of anilines is 1. The number of halogens is 2. The number of amides is 2. The number of fused-ring (bicyclic) bond motifs is 2. The van der Waals surface area contributed by atoms with Crippen molar-refractivity contribution in [3.8, 4) is 0 Å². The molecule has 0 bridgehead atoms. The van der Waals surface area contributed by atoms with Crippen LogP contribution >= 0.6 is 23.2 Å². The Bertz CT molecular complexity index is 988. The Balaban J connectivity index is 1.78. The Labute approximate surface area is 173 Å². The van der Waals surface area contributed by atoms with Gasteiger partial charge in [-0.05, 0) is 60.1 Å². The first kappa shape index (κ1) is 18.0. The van der Waals surface area contributed by atoms with Crippen LogP contribution in [0, 0.1) is 11.8 Å². The molecule has 3 atom stereocenters. The van der Waals surface area contributed by atoms with Crippen LogP contribution in [0.15, 0.2) is 42.5 Å².